The minimum absolute atomic E-state index is 0.181. The fourth-order valence-corrected chi connectivity index (χ4v) is 4.06. The highest BCUT2D eigenvalue weighted by atomic mass is 16.5. The molecule has 0 radical (unpaired) electrons. The molecule has 0 saturated heterocycles. The number of benzene rings is 2. The van der Waals surface area contributed by atoms with Crippen molar-refractivity contribution < 1.29 is 19.1 Å². The fraction of sp³-hybridized carbons (Fsp3) is 0.500. The second-order valence-electron chi connectivity index (χ2n) is 9.00. The van der Waals surface area contributed by atoms with Crippen molar-refractivity contribution in [1.82, 2.24) is 0 Å². The number of rotatable bonds is 12. The summed E-state index contributed by atoms with van der Waals surface area (Å²) in [4.78, 5) is 25.2. The Labute approximate surface area is 203 Å². The van der Waals surface area contributed by atoms with Crippen LogP contribution in [-0.4, -0.2) is 25.0 Å². The highest BCUT2D eigenvalue weighted by Crippen LogP contribution is 2.31. The SMILES string of the molecule is CCCCNc1ccc(OC(=O)C2CCC(C(=O)Oc3ccc(NCCCC)cc3)CC2)cc1. The Hall–Kier alpha value is -3.02. The van der Waals surface area contributed by atoms with Gasteiger partial charge in [0.15, 0.2) is 0 Å². The van der Waals surface area contributed by atoms with E-state index in [1.54, 1.807) is 0 Å². The Kier molecular flexibility index (Phi) is 10.3. The van der Waals surface area contributed by atoms with Gasteiger partial charge in [-0.25, -0.2) is 0 Å². The highest BCUT2D eigenvalue weighted by Gasteiger charge is 2.32. The van der Waals surface area contributed by atoms with Crippen LogP contribution in [0.4, 0.5) is 11.4 Å². The number of carbonyl (C=O) groups excluding carboxylic acids is 2. The molecule has 3 rings (SSSR count). The molecule has 0 spiro atoms. The zero-order valence-electron chi connectivity index (χ0n) is 20.5. The first kappa shape index (κ1) is 25.6. The van der Waals surface area contributed by atoms with Crippen molar-refractivity contribution in [2.75, 3.05) is 23.7 Å². The first-order valence-electron chi connectivity index (χ1n) is 12.7. The van der Waals surface area contributed by atoms with Gasteiger partial charge in [-0.3, -0.25) is 9.59 Å². The topological polar surface area (TPSA) is 76.7 Å². The number of hydrogen-bond acceptors (Lipinski definition) is 6. The van der Waals surface area contributed by atoms with Gasteiger partial charge in [-0.2, -0.15) is 0 Å². The van der Waals surface area contributed by atoms with Crippen molar-refractivity contribution in [3.8, 4) is 11.5 Å². The van der Waals surface area contributed by atoms with E-state index in [9.17, 15) is 9.59 Å². The number of hydrogen-bond donors (Lipinski definition) is 2. The van der Waals surface area contributed by atoms with Crippen molar-refractivity contribution in [2.45, 2.75) is 65.2 Å². The van der Waals surface area contributed by atoms with Crippen LogP contribution in [0, 0.1) is 11.8 Å². The molecule has 34 heavy (non-hydrogen) atoms. The van der Waals surface area contributed by atoms with Gasteiger partial charge in [-0.1, -0.05) is 26.7 Å². The lowest BCUT2D eigenvalue weighted by molar-refractivity contribution is -0.145. The van der Waals surface area contributed by atoms with Crippen molar-refractivity contribution in [1.29, 1.82) is 0 Å². The zero-order valence-corrected chi connectivity index (χ0v) is 20.5. The zero-order chi connectivity index (χ0) is 24.2. The molecule has 2 aromatic rings. The fourth-order valence-electron chi connectivity index (χ4n) is 4.06. The molecule has 0 aliphatic heterocycles. The summed E-state index contributed by atoms with van der Waals surface area (Å²) in [6.07, 6.45) is 7.07. The molecule has 2 N–H and O–H groups in total. The van der Waals surface area contributed by atoms with Crippen LogP contribution >= 0.6 is 0 Å². The van der Waals surface area contributed by atoms with Gasteiger partial charge in [-0.15, -0.1) is 0 Å². The molecule has 0 aromatic heterocycles. The monoisotopic (exact) mass is 466 g/mol. The van der Waals surface area contributed by atoms with Crippen LogP contribution in [0.2, 0.25) is 0 Å². The average Bonchev–Trinajstić information content (AvgIpc) is 2.86. The van der Waals surface area contributed by atoms with Crippen LogP contribution in [-0.2, 0) is 9.59 Å². The maximum Gasteiger partial charge on any atom is 0.314 e. The summed E-state index contributed by atoms with van der Waals surface area (Å²) >= 11 is 0. The summed E-state index contributed by atoms with van der Waals surface area (Å²) in [5.41, 5.74) is 2.05. The predicted octanol–water partition coefficient (Wildman–Crippen LogP) is 6.43. The molecular formula is C28H38N2O4. The van der Waals surface area contributed by atoms with Crippen molar-refractivity contribution in [3.05, 3.63) is 48.5 Å². The van der Waals surface area contributed by atoms with Crippen LogP contribution in [0.3, 0.4) is 0 Å². The predicted molar refractivity (Wildman–Crippen MR) is 136 cm³/mol. The molecule has 1 aliphatic rings. The van der Waals surface area contributed by atoms with Crippen molar-refractivity contribution in [3.63, 3.8) is 0 Å². The third kappa shape index (κ3) is 8.08. The molecule has 0 bridgehead atoms. The Bertz CT molecular complexity index is 812. The van der Waals surface area contributed by atoms with Gasteiger partial charge in [0.2, 0.25) is 0 Å². The minimum Gasteiger partial charge on any atom is -0.426 e. The van der Waals surface area contributed by atoms with Crippen LogP contribution in [0.5, 0.6) is 11.5 Å². The van der Waals surface area contributed by atoms with Gasteiger partial charge in [0.05, 0.1) is 11.8 Å². The Morgan fingerprint density at radius 3 is 1.35 bits per heavy atom. The minimum atomic E-state index is -0.218. The van der Waals surface area contributed by atoms with Gasteiger partial charge in [0.1, 0.15) is 11.5 Å². The van der Waals surface area contributed by atoms with E-state index in [0.29, 0.717) is 37.2 Å². The summed E-state index contributed by atoms with van der Waals surface area (Å²) in [5.74, 6) is 0.314. The highest BCUT2D eigenvalue weighted by molar-refractivity contribution is 5.78. The number of nitrogens with one attached hydrogen (secondary N) is 2. The van der Waals surface area contributed by atoms with E-state index in [-0.39, 0.29) is 23.8 Å². The summed E-state index contributed by atoms with van der Waals surface area (Å²) in [5, 5.41) is 6.70. The van der Waals surface area contributed by atoms with Gasteiger partial charge in [0, 0.05) is 24.5 Å². The molecule has 6 nitrogen and oxygen atoms in total. The Morgan fingerprint density at radius 2 is 1.03 bits per heavy atom. The first-order chi connectivity index (χ1) is 16.6. The summed E-state index contributed by atoms with van der Waals surface area (Å²) in [7, 11) is 0. The lowest BCUT2D eigenvalue weighted by Gasteiger charge is -2.25. The van der Waals surface area contributed by atoms with E-state index in [0.717, 1.165) is 50.1 Å². The van der Waals surface area contributed by atoms with Crippen LogP contribution in [0.1, 0.15) is 65.2 Å². The second-order valence-corrected chi connectivity index (χ2v) is 9.00. The molecule has 0 unspecified atom stereocenters. The molecule has 2 aromatic carbocycles. The average molecular weight is 467 g/mol. The van der Waals surface area contributed by atoms with Gasteiger partial charge in [0.25, 0.3) is 0 Å². The third-order valence-corrected chi connectivity index (χ3v) is 6.26. The molecular weight excluding hydrogens is 428 g/mol. The molecule has 0 heterocycles. The molecule has 1 saturated carbocycles. The van der Waals surface area contributed by atoms with E-state index in [2.05, 4.69) is 24.5 Å². The van der Waals surface area contributed by atoms with Crippen LogP contribution in [0.25, 0.3) is 0 Å². The quantitative estimate of drug-likeness (QED) is 0.213. The summed E-state index contributed by atoms with van der Waals surface area (Å²) < 4.78 is 11.2. The maximum atomic E-state index is 12.6. The van der Waals surface area contributed by atoms with E-state index >= 15 is 0 Å². The van der Waals surface area contributed by atoms with E-state index in [4.69, 9.17) is 9.47 Å². The van der Waals surface area contributed by atoms with Crippen LogP contribution in [0.15, 0.2) is 48.5 Å². The molecule has 6 heteroatoms. The second kappa shape index (κ2) is 13.6. The Morgan fingerprint density at radius 1 is 0.676 bits per heavy atom. The first-order valence-corrected chi connectivity index (χ1v) is 12.7. The molecule has 1 fully saturated rings. The standard InChI is InChI=1S/C28H38N2O4/c1-3-5-19-29-23-11-15-25(16-12-23)33-27(31)21-7-9-22(10-8-21)28(32)34-26-17-13-24(14-18-26)30-20-6-4-2/h11-18,21-22,29-30H,3-10,19-20H2,1-2H3. The molecule has 0 atom stereocenters. The van der Waals surface area contributed by atoms with Gasteiger partial charge in [-0.05, 0) is 87.1 Å². The maximum absolute atomic E-state index is 12.6. The van der Waals surface area contributed by atoms with E-state index in [1.165, 1.54) is 0 Å². The largest absolute Gasteiger partial charge is 0.426 e. The summed E-state index contributed by atoms with van der Waals surface area (Å²) in [6, 6.07) is 15.0. The summed E-state index contributed by atoms with van der Waals surface area (Å²) in [6.45, 7) is 6.18. The van der Waals surface area contributed by atoms with E-state index in [1.807, 2.05) is 48.5 Å². The lowest BCUT2D eigenvalue weighted by atomic mass is 9.82. The normalized spacial score (nSPS) is 17.6. The molecule has 184 valence electrons. The van der Waals surface area contributed by atoms with Crippen molar-refractivity contribution >= 4 is 23.3 Å². The molecule has 1 aliphatic carbocycles. The van der Waals surface area contributed by atoms with E-state index < -0.39 is 0 Å². The number of anilines is 2. The number of ether oxygens (including phenoxy) is 2. The Balaban J connectivity index is 1.40. The molecule has 0 amide bonds. The lowest BCUT2D eigenvalue weighted by Crippen LogP contribution is -2.30. The van der Waals surface area contributed by atoms with Crippen molar-refractivity contribution in [2.24, 2.45) is 11.8 Å². The number of carbonyl (C=O) groups is 2. The van der Waals surface area contributed by atoms with Gasteiger partial charge >= 0.3 is 11.9 Å². The smallest absolute Gasteiger partial charge is 0.314 e. The number of unbranched alkanes of at least 4 members (excludes halogenated alkanes) is 2. The number of esters is 2. The third-order valence-electron chi connectivity index (χ3n) is 6.26. The van der Waals surface area contributed by atoms with Gasteiger partial charge < -0.3 is 20.1 Å². The van der Waals surface area contributed by atoms with Crippen LogP contribution < -0.4 is 20.1 Å².